The Hall–Kier alpha value is -1.89. The first-order chi connectivity index (χ1) is 8.25. The van der Waals surface area contributed by atoms with Crippen molar-refractivity contribution in [3.8, 4) is 11.8 Å². The van der Waals surface area contributed by atoms with Crippen molar-refractivity contribution in [3.63, 3.8) is 0 Å². The lowest BCUT2D eigenvalue weighted by atomic mass is 10.2. The Kier molecular flexibility index (Phi) is 3.71. The minimum Gasteiger partial charge on any atom is -0.302 e. The standard InChI is InChI=1S/C14H10O2S/c15-17(16)14-8-4-7-13(11-14)10-9-12-5-2-1-3-6-12/h1-8,11H,(H,15,16). The van der Waals surface area contributed by atoms with Crippen LogP contribution in [0.1, 0.15) is 11.1 Å². The average Bonchev–Trinajstić information content (AvgIpc) is 2.38. The van der Waals surface area contributed by atoms with Gasteiger partial charge in [0.2, 0.25) is 0 Å². The van der Waals surface area contributed by atoms with E-state index in [0.29, 0.717) is 4.90 Å². The van der Waals surface area contributed by atoms with Crippen LogP contribution < -0.4 is 0 Å². The van der Waals surface area contributed by atoms with Gasteiger partial charge >= 0.3 is 0 Å². The van der Waals surface area contributed by atoms with Crippen molar-refractivity contribution in [2.24, 2.45) is 0 Å². The van der Waals surface area contributed by atoms with Gasteiger partial charge in [0.05, 0.1) is 4.90 Å². The minimum atomic E-state index is -1.96. The zero-order valence-corrected chi connectivity index (χ0v) is 9.78. The molecule has 0 heterocycles. The van der Waals surface area contributed by atoms with E-state index < -0.39 is 11.1 Å². The summed E-state index contributed by atoms with van der Waals surface area (Å²) in [7, 11) is 0. The molecule has 17 heavy (non-hydrogen) atoms. The molecule has 1 atom stereocenters. The molecule has 0 aromatic heterocycles. The van der Waals surface area contributed by atoms with E-state index in [2.05, 4.69) is 11.8 Å². The summed E-state index contributed by atoms with van der Waals surface area (Å²) in [6.45, 7) is 0. The fourth-order valence-corrected chi connectivity index (χ4v) is 1.77. The molecule has 0 aliphatic rings. The van der Waals surface area contributed by atoms with E-state index in [1.165, 1.54) is 0 Å². The van der Waals surface area contributed by atoms with Crippen molar-refractivity contribution in [2.45, 2.75) is 4.90 Å². The van der Waals surface area contributed by atoms with Gasteiger partial charge in [0, 0.05) is 11.1 Å². The third-order valence-corrected chi connectivity index (χ3v) is 2.82. The fraction of sp³-hybridized carbons (Fsp3) is 0. The lowest BCUT2D eigenvalue weighted by Gasteiger charge is -1.95. The van der Waals surface area contributed by atoms with E-state index in [9.17, 15) is 4.21 Å². The molecule has 2 aromatic carbocycles. The summed E-state index contributed by atoms with van der Waals surface area (Å²) in [4.78, 5) is 0.366. The van der Waals surface area contributed by atoms with E-state index >= 15 is 0 Å². The Morgan fingerprint density at radius 1 is 0.882 bits per heavy atom. The van der Waals surface area contributed by atoms with Gasteiger partial charge in [-0.3, -0.25) is 0 Å². The quantitative estimate of drug-likeness (QED) is 0.616. The van der Waals surface area contributed by atoms with Crippen molar-refractivity contribution < 1.29 is 8.76 Å². The molecule has 1 N–H and O–H groups in total. The SMILES string of the molecule is O=S(O)c1cccc(C#Cc2ccccc2)c1. The Balaban J connectivity index is 2.28. The maximum absolute atomic E-state index is 10.9. The van der Waals surface area contributed by atoms with Crippen LogP contribution in [0.25, 0.3) is 0 Å². The summed E-state index contributed by atoms with van der Waals surface area (Å²) >= 11 is -1.96. The largest absolute Gasteiger partial charge is 0.302 e. The molecule has 0 spiro atoms. The van der Waals surface area contributed by atoms with Gasteiger partial charge in [0.25, 0.3) is 0 Å². The van der Waals surface area contributed by atoms with E-state index in [-0.39, 0.29) is 0 Å². The first-order valence-corrected chi connectivity index (χ1v) is 6.14. The molecule has 2 aromatic rings. The van der Waals surface area contributed by atoms with Crippen LogP contribution in [-0.2, 0) is 11.1 Å². The lowest BCUT2D eigenvalue weighted by Crippen LogP contribution is -1.88. The maximum Gasteiger partial charge on any atom is 0.186 e. The molecule has 0 amide bonds. The van der Waals surface area contributed by atoms with E-state index in [4.69, 9.17) is 4.55 Å². The zero-order chi connectivity index (χ0) is 12.1. The second-order valence-electron chi connectivity index (χ2n) is 3.39. The lowest BCUT2D eigenvalue weighted by molar-refractivity contribution is 0.564. The molecule has 1 unspecified atom stereocenters. The van der Waals surface area contributed by atoms with Crippen molar-refractivity contribution in [3.05, 3.63) is 65.7 Å². The number of benzene rings is 2. The van der Waals surface area contributed by atoms with E-state index in [1.54, 1.807) is 18.2 Å². The van der Waals surface area contributed by atoms with Gasteiger partial charge < -0.3 is 4.55 Å². The van der Waals surface area contributed by atoms with Crippen LogP contribution >= 0.6 is 0 Å². The zero-order valence-electron chi connectivity index (χ0n) is 8.96. The van der Waals surface area contributed by atoms with Gasteiger partial charge in [0.15, 0.2) is 11.1 Å². The topological polar surface area (TPSA) is 37.3 Å². The molecule has 3 heteroatoms. The smallest absolute Gasteiger partial charge is 0.186 e. The van der Waals surface area contributed by atoms with E-state index in [0.717, 1.165) is 11.1 Å². The molecule has 0 aliphatic heterocycles. The maximum atomic E-state index is 10.9. The summed E-state index contributed by atoms with van der Waals surface area (Å²) in [5.41, 5.74) is 1.65. The summed E-state index contributed by atoms with van der Waals surface area (Å²) in [5, 5.41) is 0. The van der Waals surface area contributed by atoms with Gasteiger partial charge in [-0.2, -0.15) is 0 Å². The predicted octanol–water partition coefficient (Wildman–Crippen LogP) is 2.67. The van der Waals surface area contributed by atoms with Gasteiger partial charge in [-0.05, 0) is 30.3 Å². The van der Waals surface area contributed by atoms with Crippen LogP contribution in [0, 0.1) is 11.8 Å². The summed E-state index contributed by atoms with van der Waals surface area (Å²) in [5.74, 6) is 5.96. The van der Waals surface area contributed by atoms with Crippen LogP contribution in [0.3, 0.4) is 0 Å². The third kappa shape index (κ3) is 3.28. The van der Waals surface area contributed by atoms with Crippen LogP contribution in [-0.4, -0.2) is 8.76 Å². The Morgan fingerprint density at radius 2 is 1.53 bits per heavy atom. The highest BCUT2D eigenvalue weighted by molar-refractivity contribution is 7.79. The number of rotatable bonds is 1. The van der Waals surface area contributed by atoms with Crippen LogP contribution in [0.4, 0.5) is 0 Å². The third-order valence-electron chi connectivity index (χ3n) is 2.16. The Labute approximate surface area is 103 Å². The molecule has 0 saturated heterocycles. The van der Waals surface area contributed by atoms with Crippen LogP contribution in [0.2, 0.25) is 0 Å². The molecular weight excluding hydrogens is 232 g/mol. The van der Waals surface area contributed by atoms with Crippen molar-refractivity contribution in [1.82, 2.24) is 0 Å². The molecule has 84 valence electrons. The molecule has 2 rings (SSSR count). The van der Waals surface area contributed by atoms with Crippen molar-refractivity contribution in [1.29, 1.82) is 0 Å². The molecule has 0 radical (unpaired) electrons. The first kappa shape index (κ1) is 11.6. The predicted molar refractivity (Wildman–Crippen MR) is 67.9 cm³/mol. The summed E-state index contributed by atoms with van der Waals surface area (Å²) in [6.07, 6.45) is 0. The van der Waals surface area contributed by atoms with Gasteiger partial charge in [-0.25, -0.2) is 4.21 Å². The highest BCUT2D eigenvalue weighted by atomic mass is 32.2. The van der Waals surface area contributed by atoms with Crippen molar-refractivity contribution >= 4 is 11.1 Å². The summed E-state index contributed by atoms with van der Waals surface area (Å²) < 4.78 is 19.8. The molecule has 0 bridgehead atoms. The Bertz CT molecular complexity index is 594. The molecule has 0 saturated carbocycles. The van der Waals surface area contributed by atoms with Crippen LogP contribution in [0.15, 0.2) is 59.5 Å². The van der Waals surface area contributed by atoms with E-state index in [1.807, 2.05) is 36.4 Å². The number of hydrogen-bond acceptors (Lipinski definition) is 1. The molecule has 0 aliphatic carbocycles. The first-order valence-electron chi connectivity index (χ1n) is 5.04. The average molecular weight is 242 g/mol. The highest BCUT2D eigenvalue weighted by Gasteiger charge is 1.98. The Morgan fingerprint density at radius 3 is 2.24 bits per heavy atom. The fourth-order valence-electron chi connectivity index (χ4n) is 1.35. The van der Waals surface area contributed by atoms with Gasteiger partial charge in [-0.1, -0.05) is 36.1 Å². The van der Waals surface area contributed by atoms with Crippen molar-refractivity contribution in [2.75, 3.05) is 0 Å². The monoisotopic (exact) mass is 242 g/mol. The summed E-state index contributed by atoms with van der Waals surface area (Å²) in [6, 6.07) is 16.4. The second-order valence-corrected chi connectivity index (χ2v) is 4.36. The highest BCUT2D eigenvalue weighted by Crippen LogP contribution is 2.07. The van der Waals surface area contributed by atoms with Crippen LogP contribution in [0.5, 0.6) is 0 Å². The molecule has 2 nitrogen and oxygen atoms in total. The number of hydrogen-bond donors (Lipinski definition) is 1. The van der Waals surface area contributed by atoms with Gasteiger partial charge in [0.1, 0.15) is 0 Å². The normalized spacial score (nSPS) is 11.4. The minimum absolute atomic E-state index is 0.366. The molecular formula is C14H10O2S. The van der Waals surface area contributed by atoms with Gasteiger partial charge in [-0.15, -0.1) is 0 Å². The molecule has 0 fully saturated rings. The second kappa shape index (κ2) is 5.44.